The van der Waals surface area contributed by atoms with Gasteiger partial charge in [0.1, 0.15) is 6.04 Å². The number of para-hydroxylation sites is 1. The van der Waals surface area contributed by atoms with E-state index in [1.165, 1.54) is 19.2 Å². The lowest BCUT2D eigenvalue weighted by molar-refractivity contribution is -0.142. The molecule has 9 heteroatoms. The number of carbonyl (C=O) groups is 1. The first-order chi connectivity index (χ1) is 17.0. The molecule has 0 aliphatic carbocycles. The molecule has 0 amide bonds. The monoisotopic (exact) mass is 490 g/mol. The third-order valence-electron chi connectivity index (χ3n) is 5.56. The summed E-state index contributed by atoms with van der Waals surface area (Å²) in [5, 5.41) is 0.925. The van der Waals surface area contributed by atoms with E-state index in [1.807, 2.05) is 35.0 Å². The number of hydrogen-bond donors (Lipinski definition) is 2. The molecule has 0 bridgehead atoms. The van der Waals surface area contributed by atoms with Crippen LogP contribution in [0.5, 0.6) is 0 Å². The number of esters is 1. The van der Waals surface area contributed by atoms with Crippen molar-refractivity contribution in [2.24, 2.45) is 0 Å². The Balaban J connectivity index is 1.41. The van der Waals surface area contributed by atoms with E-state index >= 15 is 0 Å². The smallest absolute Gasteiger partial charge is 0.324 e. The third kappa shape index (κ3) is 6.18. The molecule has 2 aromatic carbocycles. The van der Waals surface area contributed by atoms with Crippen molar-refractivity contribution in [1.82, 2.24) is 19.3 Å². The lowest BCUT2D eigenvalue weighted by atomic mass is 10.1. The minimum absolute atomic E-state index is 0.0518. The van der Waals surface area contributed by atoms with Crippen molar-refractivity contribution in [3.8, 4) is 11.8 Å². The minimum Gasteiger partial charge on any atom is -0.468 e. The summed E-state index contributed by atoms with van der Waals surface area (Å²) < 4.78 is 35.4. The molecule has 8 nitrogen and oxygen atoms in total. The number of ether oxygens (including phenoxy) is 1. The zero-order valence-corrected chi connectivity index (χ0v) is 20.1. The molecule has 35 heavy (non-hydrogen) atoms. The fourth-order valence-electron chi connectivity index (χ4n) is 3.74. The van der Waals surface area contributed by atoms with Gasteiger partial charge < -0.3 is 14.3 Å². The van der Waals surface area contributed by atoms with Crippen LogP contribution in [0.15, 0.2) is 78.3 Å². The van der Waals surface area contributed by atoms with Crippen LogP contribution in [0.4, 0.5) is 0 Å². The lowest BCUT2D eigenvalue weighted by Crippen LogP contribution is -2.42. The van der Waals surface area contributed by atoms with Crippen LogP contribution < -0.4 is 4.72 Å². The van der Waals surface area contributed by atoms with Crippen molar-refractivity contribution in [1.29, 1.82) is 0 Å². The second-order valence-electron chi connectivity index (χ2n) is 7.99. The molecule has 0 radical (unpaired) electrons. The third-order valence-corrected chi connectivity index (χ3v) is 7.04. The number of benzene rings is 2. The maximum absolute atomic E-state index is 13.0. The molecule has 0 unspecified atom stereocenters. The molecule has 180 valence electrons. The zero-order valence-electron chi connectivity index (χ0n) is 19.3. The van der Waals surface area contributed by atoms with Gasteiger partial charge in [-0.05, 0) is 42.3 Å². The molecule has 1 atom stereocenters. The topological polar surface area (TPSA) is 106 Å². The number of nitrogens with one attached hydrogen (secondary N) is 2. The van der Waals surface area contributed by atoms with Crippen LogP contribution in [-0.2, 0) is 32.5 Å². The lowest BCUT2D eigenvalue weighted by Gasteiger charge is -2.16. The van der Waals surface area contributed by atoms with Crippen molar-refractivity contribution in [3.63, 3.8) is 0 Å². The van der Waals surface area contributed by atoms with Gasteiger partial charge in [-0.25, -0.2) is 13.4 Å². The molecular formula is C26H26N4O4S. The Morgan fingerprint density at radius 1 is 1.20 bits per heavy atom. The number of aromatic nitrogens is 3. The number of unbranched alkanes of at least 4 members (excludes halogenated alkanes) is 1. The fraction of sp³-hybridized carbons (Fsp3) is 0.231. The Bertz CT molecular complexity index is 1450. The van der Waals surface area contributed by atoms with E-state index in [2.05, 4.69) is 26.5 Å². The number of H-pyrrole nitrogens is 1. The van der Waals surface area contributed by atoms with Gasteiger partial charge in [0.2, 0.25) is 10.0 Å². The summed E-state index contributed by atoms with van der Waals surface area (Å²) in [6, 6.07) is 12.8. The van der Waals surface area contributed by atoms with Crippen molar-refractivity contribution in [2.45, 2.75) is 36.7 Å². The van der Waals surface area contributed by atoms with Crippen LogP contribution >= 0.6 is 0 Å². The first-order valence-corrected chi connectivity index (χ1v) is 12.6. The van der Waals surface area contributed by atoms with Gasteiger partial charge in [-0.1, -0.05) is 30.0 Å². The average molecular weight is 491 g/mol. The number of nitrogens with zero attached hydrogens (tertiary/aromatic N) is 2. The van der Waals surface area contributed by atoms with Crippen LogP contribution in [0.1, 0.15) is 24.0 Å². The summed E-state index contributed by atoms with van der Waals surface area (Å²) in [5.41, 5.74) is 2.44. The summed E-state index contributed by atoms with van der Waals surface area (Å²) in [6.45, 7) is 0.845. The van der Waals surface area contributed by atoms with Crippen LogP contribution in [0.25, 0.3) is 10.9 Å². The Kier molecular flexibility index (Phi) is 7.65. The Labute approximate surface area is 204 Å². The molecule has 4 rings (SSSR count). The number of aryl methyl sites for hydroxylation is 1. The summed E-state index contributed by atoms with van der Waals surface area (Å²) in [6.07, 6.45) is 8.96. The number of rotatable bonds is 9. The van der Waals surface area contributed by atoms with Crippen molar-refractivity contribution in [3.05, 3.63) is 84.6 Å². The fourth-order valence-corrected chi connectivity index (χ4v) is 4.93. The summed E-state index contributed by atoms with van der Waals surface area (Å²) in [5.74, 6) is 5.50. The highest BCUT2D eigenvalue weighted by atomic mass is 32.2. The van der Waals surface area contributed by atoms with Gasteiger partial charge in [0.15, 0.2) is 0 Å². The van der Waals surface area contributed by atoms with Gasteiger partial charge in [-0.3, -0.25) is 4.79 Å². The highest BCUT2D eigenvalue weighted by molar-refractivity contribution is 7.89. The normalized spacial score (nSPS) is 12.1. The average Bonchev–Trinajstić information content (AvgIpc) is 3.53. The first kappa shape index (κ1) is 24.3. The molecule has 0 saturated heterocycles. The van der Waals surface area contributed by atoms with Gasteiger partial charge in [-0.2, -0.15) is 4.72 Å². The predicted octanol–water partition coefficient (Wildman–Crippen LogP) is 3.26. The maximum Gasteiger partial charge on any atom is 0.324 e. The zero-order chi connectivity index (χ0) is 24.7. The van der Waals surface area contributed by atoms with E-state index < -0.39 is 22.0 Å². The van der Waals surface area contributed by atoms with Gasteiger partial charge in [0.25, 0.3) is 0 Å². The highest BCUT2D eigenvalue weighted by Gasteiger charge is 2.27. The summed E-state index contributed by atoms with van der Waals surface area (Å²) >= 11 is 0. The van der Waals surface area contributed by atoms with E-state index in [0.29, 0.717) is 6.42 Å². The summed E-state index contributed by atoms with van der Waals surface area (Å²) in [4.78, 5) is 19.6. The van der Waals surface area contributed by atoms with Crippen LogP contribution in [0.3, 0.4) is 0 Å². The first-order valence-electron chi connectivity index (χ1n) is 11.2. The van der Waals surface area contributed by atoms with Crippen LogP contribution in [0.2, 0.25) is 0 Å². The summed E-state index contributed by atoms with van der Waals surface area (Å²) in [7, 11) is -2.72. The SMILES string of the molecule is COC(=O)[C@@H](Cc1c[nH]c2ccccc12)NS(=O)(=O)c1ccc(C#CCCCn2ccnc2)cc1. The Morgan fingerprint density at radius 3 is 2.74 bits per heavy atom. The van der Waals surface area contributed by atoms with E-state index in [4.69, 9.17) is 4.74 Å². The number of hydrogen-bond acceptors (Lipinski definition) is 5. The van der Waals surface area contributed by atoms with Crippen molar-refractivity contribution >= 4 is 26.9 Å². The number of sulfonamides is 1. The largest absolute Gasteiger partial charge is 0.468 e. The van der Waals surface area contributed by atoms with E-state index in [-0.39, 0.29) is 11.3 Å². The van der Waals surface area contributed by atoms with Gasteiger partial charge in [-0.15, -0.1) is 0 Å². The number of aromatic amines is 1. The minimum atomic E-state index is -3.96. The molecule has 0 aliphatic heterocycles. The number of methoxy groups -OCH3 is 1. The van der Waals surface area contributed by atoms with E-state index in [9.17, 15) is 13.2 Å². The molecule has 4 aromatic rings. The van der Waals surface area contributed by atoms with E-state index in [0.717, 1.165) is 35.0 Å². The molecule has 0 fully saturated rings. The Hall–Kier alpha value is -3.87. The van der Waals surface area contributed by atoms with Crippen LogP contribution in [0, 0.1) is 11.8 Å². The maximum atomic E-state index is 13.0. The van der Waals surface area contributed by atoms with Gasteiger partial charge >= 0.3 is 5.97 Å². The standard InChI is InChI=1S/C26H26N4O4S/c1-34-26(31)25(17-21-18-28-24-9-5-4-8-23(21)24)29-35(32,33)22-12-10-20(11-13-22)7-3-2-6-15-30-16-14-27-19-30/h4-5,8-14,16,18-19,25,28-29H,2,6,15,17H2,1H3/t25-/m1/s1. The molecule has 0 aliphatic rings. The van der Waals surface area contributed by atoms with Gasteiger partial charge in [0.05, 0.1) is 18.3 Å². The predicted molar refractivity (Wildman–Crippen MR) is 133 cm³/mol. The molecule has 0 spiro atoms. The second kappa shape index (κ2) is 11.0. The number of fused-ring (bicyclic) bond motifs is 1. The molecule has 2 aromatic heterocycles. The molecule has 2 heterocycles. The second-order valence-corrected chi connectivity index (χ2v) is 9.70. The van der Waals surface area contributed by atoms with Crippen molar-refractivity contribution < 1.29 is 17.9 Å². The quantitative estimate of drug-likeness (QED) is 0.213. The van der Waals surface area contributed by atoms with Crippen LogP contribution in [-0.4, -0.2) is 42.1 Å². The van der Waals surface area contributed by atoms with Crippen molar-refractivity contribution in [2.75, 3.05) is 7.11 Å². The molecule has 0 saturated carbocycles. The van der Waals surface area contributed by atoms with Gasteiger partial charge in [0, 0.05) is 54.4 Å². The number of carbonyl (C=O) groups excluding carboxylic acids is 1. The highest BCUT2D eigenvalue weighted by Crippen LogP contribution is 2.20. The Morgan fingerprint density at radius 2 is 2.00 bits per heavy atom. The van der Waals surface area contributed by atoms with E-state index in [1.54, 1.807) is 30.9 Å². The molecule has 2 N–H and O–H groups in total. The molecular weight excluding hydrogens is 464 g/mol. The number of imidazole rings is 1.